The molecule has 114 valence electrons. The summed E-state index contributed by atoms with van der Waals surface area (Å²) in [6.45, 7) is 1.49. The summed E-state index contributed by atoms with van der Waals surface area (Å²) in [5.74, 6) is -0.205. The third kappa shape index (κ3) is 4.35. The maximum atomic E-state index is 10.6. The van der Waals surface area contributed by atoms with Crippen LogP contribution < -0.4 is 0 Å². The minimum Gasteiger partial charge on any atom is -0.378 e. The van der Waals surface area contributed by atoms with Crippen molar-refractivity contribution in [1.82, 2.24) is 0 Å². The van der Waals surface area contributed by atoms with Gasteiger partial charge in [-0.05, 0) is 0 Å². The van der Waals surface area contributed by atoms with Crippen molar-refractivity contribution >= 4 is 10.4 Å². The van der Waals surface area contributed by atoms with Gasteiger partial charge in [-0.3, -0.25) is 4.55 Å². The smallest absolute Gasteiger partial charge is 0.378 e. The lowest BCUT2D eigenvalue weighted by atomic mass is 9.90. The second kappa shape index (κ2) is 6.93. The Kier molecular flexibility index (Phi) is 6.12. The van der Waals surface area contributed by atoms with E-state index in [1.807, 2.05) is 6.92 Å². The molecular weight excluding hydrogens is 280 g/mol. The summed E-state index contributed by atoms with van der Waals surface area (Å²) in [7, 11) is -0.0353. The summed E-state index contributed by atoms with van der Waals surface area (Å²) in [5, 5.41) is 0. The Morgan fingerprint density at radius 3 is 2.11 bits per heavy atom. The zero-order valence-corrected chi connectivity index (χ0v) is 12.1. The first-order chi connectivity index (χ1) is 8.84. The molecule has 1 aliphatic heterocycles. The summed E-state index contributed by atoms with van der Waals surface area (Å²) in [5.41, 5.74) is 0. The molecule has 0 aromatic carbocycles. The first-order valence-corrected chi connectivity index (χ1v) is 7.06. The molecule has 9 heteroatoms. The lowest BCUT2D eigenvalue weighted by molar-refractivity contribution is -0.288. The van der Waals surface area contributed by atoms with Crippen LogP contribution in [-0.4, -0.2) is 65.5 Å². The molecule has 1 fully saturated rings. The van der Waals surface area contributed by atoms with Gasteiger partial charge >= 0.3 is 10.4 Å². The number of hydrogen-bond acceptors (Lipinski definition) is 7. The largest absolute Gasteiger partial charge is 0.397 e. The Morgan fingerprint density at radius 2 is 1.68 bits per heavy atom. The van der Waals surface area contributed by atoms with Gasteiger partial charge in [0.2, 0.25) is 0 Å². The predicted octanol–water partition coefficient (Wildman–Crippen LogP) is -0.157. The highest BCUT2D eigenvalue weighted by Gasteiger charge is 2.45. The number of methoxy groups -OCH3 is 3. The van der Waals surface area contributed by atoms with E-state index >= 15 is 0 Å². The van der Waals surface area contributed by atoms with Crippen LogP contribution in [0.4, 0.5) is 0 Å². The lowest BCUT2D eigenvalue weighted by Crippen LogP contribution is -2.56. The molecule has 1 rings (SSSR count). The lowest BCUT2D eigenvalue weighted by Gasteiger charge is -2.43. The molecule has 8 nitrogen and oxygen atoms in total. The maximum Gasteiger partial charge on any atom is 0.397 e. The van der Waals surface area contributed by atoms with Crippen LogP contribution in [0.25, 0.3) is 0 Å². The predicted molar refractivity (Wildman–Crippen MR) is 63.9 cm³/mol. The van der Waals surface area contributed by atoms with Crippen molar-refractivity contribution in [3.8, 4) is 0 Å². The van der Waals surface area contributed by atoms with E-state index in [1.54, 1.807) is 0 Å². The third-order valence-electron chi connectivity index (χ3n) is 3.16. The zero-order valence-electron chi connectivity index (χ0n) is 11.3. The van der Waals surface area contributed by atoms with Crippen LogP contribution in [0.3, 0.4) is 0 Å². The van der Waals surface area contributed by atoms with Crippen LogP contribution in [0.5, 0.6) is 0 Å². The summed E-state index contributed by atoms with van der Waals surface area (Å²) in [6, 6.07) is 0. The number of hydrogen-bond donors (Lipinski definition) is 1. The Bertz CT molecular complexity index is 370. The monoisotopic (exact) mass is 300 g/mol. The van der Waals surface area contributed by atoms with E-state index in [2.05, 4.69) is 4.18 Å². The first-order valence-electron chi connectivity index (χ1n) is 5.69. The van der Waals surface area contributed by atoms with E-state index in [0.29, 0.717) is 0 Å². The Labute approximate surface area is 112 Å². The number of ether oxygens (including phenoxy) is 4. The molecule has 0 saturated carbocycles. The minimum atomic E-state index is -4.51. The fraction of sp³-hybridized carbons (Fsp3) is 1.00. The van der Waals surface area contributed by atoms with Gasteiger partial charge in [-0.1, -0.05) is 6.92 Å². The van der Waals surface area contributed by atoms with E-state index in [1.165, 1.54) is 21.3 Å². The molecule has 1 saturated heterocycles. The summed E-state index contributed by atoms with van der Waals surface area (Å²) >= 11 is 0. The average molecular weight is 300 g/mol. The van der Waals surface area contributed by atoms with Gasteiger partial charge in [0.1, 0.15) is 6.10 Å². The van der Waals surface area contributed by atoms with Crippen molar-refractivity contribution in [1.29, 1.82) is 0 Å². The van der Waals surface area contributed by atoms with Gasteiger partial charge in [0.05, 0.1) is 18.8 Å². The van der Waals surface area contributed by atoms with Crippen molar-refractivity contribution in [3.63, 3.8) is 0 Å². The Hall–Kier alpha value is -0.290. The second-order valence-electron chi connectivity index (χ2n) is 4.25. The highest BCUT2D eigenvalue weighted by atomic mass is 32.3. The molecule has 19 heavy (non-hydrogen) atoms. The van der Waals surface area contributed by atoms with E-state index in [0.717, 1.165) is 0 Å². The molecule has 5 atom stereocenters. The standard InChI is InChI=1S/C10H20O8S/c1-6-7(5-17-19(11,12)13)18-10(16-4)9(15-3)8(6)14-2/h6-10H,5H2,1-4H3,(H,11,12,13)/t6-,7?,8?,9?,10+/m0/s1. The number of rotatable bonds is 6. The highest BCUT2D eigenvalue weighted by Crippen LogP contribution is 2.30. The molecule has 0 aromatic rings. The molecule has 1 heterocycles. The molecule has 3 unspecified atom stereocenters. The molecule has 0 spiro atoms. The van der Waals surface area contributed by atoms with E-state index < -0.39 is 28.9 Å². The third-order valence-corrected chi connectivity index (χ3v) is 3.60. The van der Waals surface area contributed by atoms with E-state index in [4.69, 9.17) is 23.5 Å². The van der Waals surface area contributed by atoms with Gasteiger partial charge in [0, 0.05) is 27.2 Å². The van der Waals surface area contributed by atoms with Crippen LogP contribution in [0, 0.1) is 5.92 Å². The first kappa shape index (κ1) is 16.8. The summed E-state index contributed by atoms with van der Waals surface area (Å²) in [6.07, 6.45) is -2.10. The quantitative estimate of drug-likeness (QED) is 0.676. The van der Waals surface area contributed by atoms with E-state index in [-0.39, 0.29) is 18.6 Å². The van der Waals surface area contributed by atoms with Crippen LogP contribution in [0.2, 0.25) is 0 Å². The molecule has 0 amide bonds. The minimum absolute atomic E-state index is 0.205. The summed E-state index contributed by atoms with van der Waals surface area (Å²) in [4.78, 5) is 0. The van der Waals surface area contributed by atoms with Gasteiger partial charge in [0.15, 0.2) is 6.29 Å². The van der Waals surface area contributed by atoms with Crippen molar-refractivity contribution in [2.75, 3.05) is 27.9 Å². The van der Waals surface area contributed by atoms with Crippen molar-refractivity contribution in [2.24, 2.45) is 5.92 Å². The van der Waals surface area contributed by atoms with Crippen LogP contribution in [0.1, 0.15) is 6.92 Å². The van der Waals surface area contributed by atoms with Crippen molar-refractivity contribution in [2.45, 2.75) is 31.5 Å². The molecule has 0 bridgehead atoms. The zero-order chi connectivity index (χ0) is 14.6. The van der Waals surface area contributed by atoms with Crippen molar-refractivity contribution in [3.05, 3.63) is 0 Å². The van der Waals surface area contributed by atoms with Gasteiger partial charge in [0.25, 0.3) is 0 Å². The van der Waals surface area contributed by atoms with Crippen LogP contribution in [-0.2, 0) is 33.5 Å². The SMILES string of the molecule is COC1C(OC)[C@@H](C)C(COS(=O)(=O)O)O[C@H]1OC. The van der Waals surface area contributed by atoms with Crippen LogP contribution >= 0.6 is 0 Å². The molecule has 0 aliphatic carbocycles. The van der Waals surface area contributed by atoms with Crippen LogP contribution in [0.15, 0.2) is 0 Å². The van der Waals surface area contributed by atoms with Gasteiger partial charge < -0.3 is 18.9 Å². The molecule has 1 aliphatic rings. The Morgan fingerprint density at radius 1 is 1.11 bits per heavy atom. The normalized spacial score (nSPS) is 36.4. The summed E-state index contributed by atoms with van der Waals surface area (Å²) < 4.78 is 55.4. The molecular formula is C10H20O8S. The highest BCUT2D eigenvalue weighted by molar-refractivity contribution is 7.80. The molecule has 0 radical (unpaired) electrons. The molecule has 0 aromatic heterocycles. The average Bonchev–Trinajstić information content (AvgIpc) is 2.35. The second-order valence-corrected chi connectivity index (χ2v) is 5.34. The fourth-order valence-corrected chi connectivity index (χ4v) is 2.47. The van der Waals surface area contributed by atoms with Gasteiger partial charge in [-0.25, -0.2) is 4.18 Å². The maximum absolute atomic E-state index is 10.6. The van der Waals surface area contributed by atoms with Crippen molar-refractivity contribution < 1.29 is 36.1 Å². The van der Waals surface area contributed by atoms with Gasteiger partial charge in [-0.15, -0.1) is 0 Å². The molecule has 1 N–H and O–H groups in total. The fourth-order valence-electron chi connectivity index (χ4n) is 2.17. The topological polar surface area (TPSA) is 101 Å². The van der Waals surface area contributed by atoms with Gasteiger partial charge in [-0.2, -0.15) is 8.42 Å². The Balaban J connectivity index is 2.78. The van der Waals surface area contributed by atoms with E-state index in [9.17, 15) is 8.42 Å².